The van der Waals surface area contributed by atoms with E-state index in [4.69, 9.17) is 37.8 Å². The Hall–Kier alpha value is -3.79. The van der Waals surface area contributed by atoms with Crippen molar-refractivity contribution in [2.75, 3.05) is 11.9 Å². The van der Waals surface area contributed by atoms with E-state index < -0.39 is 12.0 Å². The number of anilines is 1. The number of fused-ring (bicyclic) bond motifs is 1. The van der Waals surface area contributed by atoms with E-state index in [0.29, 0.717) is 49.5 Å². The molecule has 1 atom stereocenters. The minimum atomic E-state index is -0.665. The summed E-state index contributed by atoms with van der Waals surface area (Å²) in [5.41, 5.74) is 3.00. The van der Waals surface area contributed by atoms with Crippen LogP contribution in [0.25, 0.3) is 0 Å². The third-order valence-corrected chi connectivity index (χ3v) is 7.76. The summed E-state index contributed by atoms with van der Waals surface area (Å²) in [5, 5.41) is 9.34. The van der Waals surface area contributed by atoms with Gasteiger partial charge in [-0.15, -0.1) is 5.10 Å². The number of esters is 1. The van der Waals surface area contributed by atoms with Crippen molar-refractivity contribution in [3.8, 4) is 5.75 Å². The highest BCUT2D eigenvalue weighted by molar-refractivity contribution is 7.98. The molecule has 0 radical (unpaired) electrons. The van der Waals surface area contributed by atoms with Gasteiger partial charge in [-0.2, -0.15) is 4.98 Å². The number of carbonyl (C=O) groups is 1. The lowest BCUT2D eigenvalue weighted by Crippen LogP contribution is -2.29. The molecular formula is C30H25Cl2FN4O3S. The minimum Gasteiger partial charge on any atom is -0.489 e. The molecule has 2 heterocycles. The summed E-state index contributed by atoms with van der Waals surface area (Å²) < 4.78 is 27.3. The van der Waals surface area contributed by atoms with Crippen molar-refractivity contribution in [2.24, 2.45) is 0 Å². The molecule has 1 N–H and O–H groups in total. The summed E-state index contributed by atoms with van der Waals surface area (Å²) >= 11 is 13.6. The number of nitrogens with zero attached hydrogens (tertiary/aromatic N) is 3. The quantitative estimate of drug-likeness (QED) is 0.112. The van der Waals surface area contributed by atoms with Gasteiger partial charge in [-0.3, -0.25) is 0 Å². The summed E-state index contributed by atoms with van der Waals surface area (Å²) in [6, 6.07) is 18.5. The molecule has 5 rings (SSSR count). The van der Waals surface area contributed by atoms with E-state index in [9.17, 15) is 9.18 Å². The maximum absolute atomic E-state index is 14.2. The fourth-order valence-corrected chi connectivity index (χ4v) is 5.59. The van der Waals surface area contributed by atoms with Gasteiger partial charge in [0.05, 0.1) is 5.57 Å². The summed E-state index contributed by atoms with van der Waals surface area (Å²) in [4.78, 5) is 17.9. The molecule has 1 aliphatic rings. The van der Waals surface area contributed by atoms with Crippen molar-refractivity contribution in [2.45, 2.75) is 30.5 Å². The molecule has 1 unspecified atom stereocenters. The average Bonchev–Trinajstić information content (AvgIpc) is 3.36. The van der Waals surface area contributed by atoms with Gasteiger partial charge < -0.3 is 14.8 Å². The van der Waals surface area contributed by atoms with Gasteiger partial charge in [-0.25, -0.2) is 13.9 Å². The zero-order valence-electron chi connectivity index (χ0n) is 21.9. The minimum absolute atomic E-state index is 0.0568. The number of nitrogens with one attached hydrogen (secondary N) is 1. The van der Waals surface area contributed by atoms with Crippen LogP contribution in [0.5, 0.6) is 5.75 Å². The van der Waals surface area contributed by atoms with Gasteiger partial charge >= 0.3 is 5.97 Å². The number of thioether (sulfide) groups is 1. The fourth-order valence-electron chi connectivity index (χ4n) is 4.31. The molecule has 1 aromatic heterocycles. The fraction of sp³-hybridized carbons (Fsp3) is 0.167. The normalized spacial score (nSPS) is 14.3. The van der Waals surface area contributed by atoms with Crippen LogP contribution in [0.1, 0.15) is 29.7 Å². The molecule has 0 aliphatic carbocycles. The second kappa shape index (κ2) is 12.8. The summed E-state index contributed by atoms with van der Waals surface area (Å²) in [6.45, 7) is 5.70. The third kappa shape index (κ3) is 6.59. The SMILES string of the molecule is C=CCOC(=O)C1=C(C)Nc2nc(SCc3ccccc3F)nn2C1c1cccc(OCc2ccc(Cl)cc2Cl)c1. The number of ether oxygens (including phenoxy) is 2. The van der Waals surface area contributed by atoms with Crippen LogP contribution in [0, 0.1) is 5.82 Å². The number of allylic oxidation sites excluding steroid dienone is 1. The van der Waals surface area contributed by atoms with E-state index in [2.05, 4.69) is 16.9 Å². The Kier molecular flexibility index (Phi) is 8.97. The Morgan fingerprint density at radius 3 is 2.76 bits per heavy atom. The molecule has 4 aromatic rings. The topological polar surface area (TPSA) is 78.3 Å². The van der Waals surface area contributed by atoms with Crippen LogP contribution in [-0.4, -0.2) is 27.3 Å². The number of halogens is 3. The largest absolute Gasteiger partial charge is 0.489 e. The number of aromatic nitrogens is 3. The second-order valence-electron chi connectivity index (χ2n) is 9.09. The summed E-state index contributed by atoms with van der Waals surface area (Å²) in [6.07, 6.45) is 1.51. The average molecular weight is 612 g/mol. The van der Waals surface area contributed by atoms with Gasteiger partial charge in [-0.1, -0.05) is 84.0 Å². The first-order valence-electron chi connectivity index (χ1n) is 12.6. The molecule has 41 heavy (non-hydrogen) atoms. The highest BCUT2D eigenvalue weighted by atomic mass is 35.5. The zero-order valence-corrected chi connectivity index (χ0v) is 24.3. The lowest BCUT2D eigenvalue weighted by molar-refractivity contribution is -0.138. The third-order valence-electron chi connectivity index (χ3n) is 6.28. The molecule has 3 aromatic carbocycles. The second-order valence-corrected chi connectivity index (χ2v) is 10.9. The number of rotatable bonds is 10. The predicted molar refractivity (Wildman–Crippen MR) is 159 cm³/mol. The highest BCUT2D eigenvalue weighted by Gasteiger charge is 2.35. The Labute approximate surface area is 251 Å². The lowest BCUT2D eigenvalue weighted by Gasteiger charge is -2.28. The van der Waals surface area contributed by atoms with Crippen molar-refractivity contribution in [1.82, 2.24) is 14.8 Å². The molecule has 0 spiro atoms. The van der Waals surface area contributed by atoms with E-state index >= 15 is 0 Å². The maximum Gasteiger partial charge on any atom is 0.338 e. The highest BCUT2D eigenvalue weighted by Crippen LogP contribution is 2.38. The molecule has 11 heteroatoms. The first-order valence-corrected chi connectivity index (χ1v) is 14.3. The summed E-state index contributed by atoms with van der Waals surface area (Å²) in [7, 11) is 0. The molecular weight excluding hydrogens is 586 g/mol. The summed E-state index contributed by atoms with van der Waals surface area (Å²) in [5.74, 6) is 0.558. The molecule has 0 amide bonds. The van der Waals surface area contributed by atoms with E-state index in [1.165, 1.54) is 23.9 Å². The molecule has 0 bridgehead atoms. The van der Waals surface area contributed by atoms with Crippen LogP contribution in [0.15, 0.2) is 95.8 Å². The van der Waals surface area contributed by atoms with E-state index in [-0.39, 0.29) is 19.0 Å². The molecule has 7 nitrogen and oxygen atoms in total. The molecule has 1 aliphatic heterocycles. The number of hydrogen-bond donors (Lipinski definition) is 1. The smallest absolute Gasteiger partial charge is 0.338 e. The van der Waals surface area contributed by atoms with Gasteiger partial charge in [0.2, 0.25) is 11.1 Å². The van der Waals surface area contributed by atoms with Gasteiger partial charge in [0.1, 0.15) is 30.8 Å². The van der Waals surface area contributed by atoms with Crippen molar-refractivity contribution >= 4 is 46.9 Å². The van der Waals surface area contributed by atoms with Gasteiger partial charge in [-0.05, 0) is 48.4 Å². The Morgan fingerprint density at radius 1 is 1.15 bits per heavy atom. The molecule has 210 valence electrons. The van der Waals surface area contributed by atoms with Crippen molar-refractivity contribution < 1.29 is 18.7 Å². The number of hydrogen-bond acceptors (Lipinski definition) is 7. The van der Waals surface area contributed by atoms with Crippen molar-refractivity contribution in [1.29, 1.82) is 0 Å². The number of benzene rings is 3. The monoisotopic (exact) mass is 610 g/mol. The van der Waals surface area contributed by atoms with E-state index in [1.807, 2.05) is 30.3 Å². The van der Waals surface area contributed by atoms with E-state index in [1.54, 1.807) is 41.9 Å². The Balaban J connectivity index is 1.46. The Bertz CT molecular complexity index is 1640. The van der Waals surface area contributed by atoms with E-state index in [0.717, 1.165) is 11.1 Å². The zero-order chi connectivity index (χ0) is 28.9. The van der Waals surface area contributed by atoms with Crippen LogP contribution < -0.4 is 10.1 Å². The first-order chi connectivity index (χ1) is 19.8. The number of carbonyl (C=O) groups excluding carboxylic acids is 1. The Morgan fingerprint density at radius 2 is 1.98 bits per heavy atom. The van der Waals surface area contributed by atoms with Gasteiger partial charge in [0.15, 0.2) is 0 Å². The molecule has 0 saturated carbocycles. The van der Waals surface area contributed by atoms with Gasteiger partial charge in [0, 0.05) is 27.1 Å². The van der Waals surface area contributed by atoms with Crippen LogP contribution >= 0.6 is 35.0 Å². The van der Waals surface area contributed by atoms with Crippen molar-refractivity contribution in [3.05, 3.63) is 123 Å². The van der Waals surface area contributed by atoms with Crippen LogP contribution in [0.2, 0.25) is 10.0 Å². The maximum atomic E-state index is 14.2. The predicted octanol–water partition coefficient (Wildman–Crippen LogP) is 7.61. The standard InChI is InChI=1S/C30H25Cl2FN4O3S/c1-3-13-39-28(38)26-18(2)34-29-35-30(41-17-21-7-4-5-10-25(21)33)36-37(29)27(26)19-8-6-9-23(14-19)40-16-20-11-12-22(31)15-24(20)32/h3-12,14-15,27H,1,13,16-17H2,2H3,(H,34,35,36). The van der Waals surface area contributed by atoms with Crippen LogP contribution in [0.4, 0.5) is 10.3 Å². The first kappa shape index (κ1) is 28.7. The van der Waals surface area contributed by atoms with Gasteiger partial charge in [0.25, 0.3) is 0 Å². The van der Waals surface area contributed by atoms with Crippen molar-refractivity contribution in [3.63, 3.8) is 0 Å². The lowest BCUT2D eigenvalue weighted by atomic mass is 9.95. The molecule has 0 saturated heterocycles. The molecule has 0 fully saturated rings. The van der Waals surface area contributed by atoms with Crippen LogP contribution in [-0.2, 0) is 21.9 Å². The van der Waals surface area contributed by atoms with Crippen LogP contribution in [0.3, 0.4) is 0 Å².